The number of rotatable bonds is 6. The topological polar surface area (TPSA) is 26.3 Å². The summed E-state index contributed by atoms with van der Waals surface area (Å²) < 4.78 is 31.9. The number of halogens is 2. The minimum Gasteiger partial charge on any atom is -0.466 e. The standard InChI is InChI=1S/C18H18F2O2/c1-13(21)22-10-4-9-18(14-5-2-7-16(19)11-14)15-6-3-8-17(20)12-15/h2-3,5-8,11-12,18H,4,9-10H2,1H3. The third-order valence-corrected chi connectivity index (χ3v) is 3.44. The summed E-state index contributed by atoms with van der Waals surface area (Å²) in [6, 6.07) is 12.6. The van der Waals surface area contributed by atoms with Gasteiger partial charge < -0.3 is 4.74 Å². The molecule has 0 spiro atoms. The van der Waals surface area contributed by atoms with Gasteiger partial charge in [0.2, 0.25) is 0 Å². The smallest absolute Gasteiger partial charge is 0.302 e. The molecule has 0 aliphatic rings. The van der Waals surface area contributed by atoms with Crippen molar-refractivity contribution in [3.05, 3.63) is 71.3 Å². The number of benzene rings is 2. The molecular formula is C18H18F2O2. The molecule has 0 amide bonds. The van der Waals surface area contributed by atoms with Crippen molar-refractivity contribution < 1.29 is 18.3 Å². The molecule has 2 aromatic carbocycles. The van der Waals surface area contributed by atoms with Gasteiger partial charge in [-0.3, -0.25) is 4.79 Å². The number of hydrogen-bond acceptors (Lipinski definition) is 2. The molecule has 0 aliphatic heterocycles. The lowest BCUT2D eigenvalue weighted by Gasteiger charge is -2.18. The Balaban J connectivity index is 2.19. The van der Waals surface area contributed by atoms with Crippen molar-refractivity contribution in [2.24, 2.45) is 0 Å². The number of hydrogen-bond donors (Lipinski definition) is 0. The summed E-state index contributed by atoms with van der Waals surface area (Å²) >= 11 is 0. The molecule has 0 saturated heterocycles. The number of esters is 1. The first-order valence-electron chi connectivity index (χ1n) is 7.20. The second-order valence-corrected chi connectivity index (χ2v) is 5.14. The quantitative estimate of drug-likeness (QED) is 0.582. The molecule has 2 aromatic rings. The molecule has 0 atom stereocenters. The second kappa shape index (κ2) is 7.69. The lowest BCUT2D eigenvalue weighted by molar-refractivity contribution is -0.141. The lowest BCUT2D eigenvalue weighted by atomic mass is 9.87. The fourth-order valence-electron chi connectivity index (χ4n) is 2.48. The Morgan fingerprint density at radius 2 is 1.59 bits per heavy atom. The van der Waals surface area contributed by atoms with E-state index in [0.717, 1.165) is 11.1 Å². The van der Waals surface area contributed by atoms with E-state index in [2.05, 4.69) is 0 Å². The van der Waals surface area contributed by atoms with Gasteiger partial charge in [-0.1, -0.05) is 24.3 Å². The van der Waals surface area contributed by atoms with Crippen LogP contribution in [-0.2, 0) is 9.53 Å². The Morgan fingerprint density at radius 3 is 2.05 bits per heavy atom. The number of carbonyl (C=O) groups excluding carboxylic acids is 1. The van der Waals surface area contributed by atoms with E-state index in [1.165, 1.54) is 31.2 Å². The molecule has 0 bridgehead atoms. The highest BCUT2D eigenvalue weighted by atomic mass is 19.1. The van der Waals surface area contributed by atoms with Crippen molar-refractivity contribution in [3.63, 3.8) is 0 Å². The van der Waals surface area contributed by atoms with Gasteiger partial charge in [-0.2, -0.15) is 0 Å². The first-order valence-corrected chi connectivity index (χ1v) is 7.20. The highest BCUT2D eigenvalue weighted by Gasteiger charge is 2.15. The Labute approximate surface area is 128 Å². The number of ether oxygens (including phenoxy) is 1. The molecule has 0 N–H and O–H groups in total. The van der Waals surface area contributed by atoms with Crippen LogP contribution in [0.2, 0.25) is 0 Å². The van der Waals surface area contributed by atoms with Crippen molar-refractivity contribution in [2.75, 3.05) is 6.61 Å². The van der Waals surface area contributed by atoms with Gasteiger partial charge in [0.25, 0.3) is 0 Å². The van der Waals surface area contributed by atoms with Gasteiger partial charge in [-0.25, -0.2) is 8.78 Å². The van der Waals surface area contributed by atoms with Gasteiger partial charge in [-0.05, 0) is 48.2 Å². The molecule has 0 aliphatic carbocycles. The van der Waals surface area contributed by atoms with Crippen LogP contribution < -0.4 is 0 Å². The summed E-state index contributed by atoms with van der Waals surface area (Å²) in [6.45, 7) is 1.66. The van der Waals surface area contributed by atoms with Crippen LogP contribution in [0.4, 0.5) is 8.78 Å². The molecule has 2 nitrogen and oxygen atoms in total. The summed E-state index contributed by atoms with van der Waals surface area (Å²) in [6.07, 6.45) is 1.26. The average molecular weight is 304 g/mol. The van der Waals surface area contributed by atoms with Gasteiger partial charge >= 0.3 is 5.97 Å². The molecule has 0 fully saturated rings. The Hall–Kier alpha value is -2.23. The van der Waals surface area contributed by atoms with Crippen molar-refractivity contribution in [1.29, 1.82) is 0 Å². The maximum atomic E-state index is 13.5. The second-order valence-electron chi connectivity index (χ2n) is 5.14. The summed E-state index contributed by atoms with van der Waals surface area (Å²) in [5, 5.41) is 0. The highest BCUT2D eigenvalue weighted by Crippen LogP contribution is 2.30. The summed E-state index contributed by atoms with van der Waals surface area (Å²) in [5.41, 5.74) is 1.57. The van der Waals surface area contributed by atoms with E-state index in [1.54, 1.807) is 12.1 Å². The maximum absolute atomic E-state index is 13.5. The molecule has 4 heteroatoms. The van der Waals surface area contributed by atoms with Gasteiger partial charge in [-0.15, -0.1) is 0 Å². The van der Waals surface area contributed by atoms with Crippen LogP contribution in [-0.4, -0.2) is 12.6 Å². The highest BCUT2D eigenvalue weighted by molar-refractivity contribution is 5.65. The zero-order valence-electron chi connectivity index (χ0n) is 12.4. The van der Waals surface area contributed by atoms with E-state index >= 15 is 0 Å². The molecule has 0 heterocycles. The SMILES string of the molecule is CC(=O)OCCCC(c1cccc(F)c1)c1cccc(F)c1. The van der Waals surface area contributed by atoms with Crippen LogP contribution in [0.25, 0.3) is 0 Å². The normalized spacial score (nSPS) is 10.7. The molecule has 22 heavy (non-hydrogen) atoms. The van der Waals surface area contributed by atoms with E-state index in [0.29, 0.717) is 19.4 Å². The number of carbonyl (C=O) groups is 1. The summed E-state index contributed by atoms with van der Waals surface area (Å²) in [4.78, 5) is 10.8. The first kappa shape index (κ1) is 16.1. The van der Waals surface area contributed by atoms with Crippen LogP contribution in [0, 0.1) is 11.6 Å². The zero-order chi connectivity index (χ0) is 15.9. The molecular weight excluding hydrogens is 286 g/mol. The summed E-state index contributed by atoms with van der Waals surface area (Å²) in [7, 11) is 0. The molecule has 2 rings (SSSR count). The van der Waals surface area contributed by atoms with Gasteiger partial charge in [0.05, 0.1) is 6.61 Å². The third kappa shape index (κ3) is 4.65. The van der Waals surface area contributed by atoms with Crippen LogP contribution >= 0.6 is 0 Å². The molecule has 116 valence electrons. The van der Waals surface area contributed by atoms with Crippen LogP contribution in [0.15, 0.2) is 48.5 Å². The minimum atomic E-state index is -0.326. The fraction of sp³-hybridized carbons (Fsp3) is 0.278. The monoisotopic (exact) mass is 304 g/mol. The maximum Gasteiger partial charge on any atom is 0.302 e. The van der Waals surface area contributed by atoms with Crippen molar-refractivity contribution in [1.82, 2.24) is 0 Å². The van der Waals surface area contributed by atoms with Gasteiger partial charge in [0.1, 0.15) is 11.6 Å². The van der Waals surface area contributed by atoms with Gasteiger partial charge in [0.15, 0.2) is 0 Å². The van der Waals surface area contributed by atoms with Crippen LogP contribution in [0.3, 0.4) is 0 Å². The minimum absolute atomic E-state index is 0.137. The zero-order valence-corrected chi connectivity index (χ0v) is 12.4. The van der Waals surface area contributed by atoms with Crippen molar-refractivity contribution in [2.45, 2.75) is 25.7 Å². The van der Waals surface area contributed by atoms with E-state index in [-0.39, 0.29) is 23.5 Å². The van der Waals surface area contributed by atoms with Crippen LogP contribution in [0.5, 0.6) is 0 Å². The fourth-order valence-corrected chi connectivity index (χ4v) is 2.48. The molecule has 0 aromatic heterocycles. The third-order valence-electron chi connectivity index (χ3n) is 3.44. The van der Waals surface area contributed by atoms with Crippen LogP contribution in [0.1, 0.15) is 36.8 Å². The van der Waals surface area contributed by atoms with Gasteiger partial charge in [0, 0.05) is 12.8 Å². The largest absolute Gasteiger partial charge is 0.466 e. The van der Waals surface area contributed by atoms with Crippen molar-refractivity contribution >= 4 is 5.97 Å². The van der Waals surface area contributed by atoms with E-state index in [1.807, 2.05) is 12.1 Å². The van der Waals surface area contributed by atoms with E-state index in [9.17, 15) is 13.6 Å². The van der Waals surface area contributed by atoms with E-state index in [4.69, 9.17) is 4.74 Å². The van der Waals surface area contributed by atoms with Crippen molar-refractivity contribution in [3.8, 4) is 0 Å². The Bertz CT molecular complexity index is 595. The predicted octanol–water partition coefficient (Wildman–Crippen LogP) is 4.44. The lowest BCUT2D eigenvalue weighted by Crippen LogP contribution is -2.06. The Morgan fingerprint density at radius 1 is 1.05 bits per heavy atom. The molecule has 0 saturated carbocycles. The Kier molecular flexibility index (Phi) is 5.64. The molecule has 0 unspecified atom stereocenters. The predicted molar refractivity (Wildman–Crippen MR) is 80.5 cm³/mol. The molecule has 0 radical (unpaired) electrons. The average Bonchev–Trinajstić information content (AvgIpc) is 2.47. The summed E-state index contributed by atoms with van der Waals surface area (Å²) in [5.74, 6) is -1.10. The van der Waals surface area contributed by atoms with E-state index < -0.39 is 0 Å². The first-order chi connectivity index (χ1) is 10.6.